The zero-order chi connectivity index (χ0) is 11.4. The normalized spacial score (nSPS) is 12.4. The third kappa shape index (κ3) is 2.67. The summed E-state index contributed by atoms with van der Waals surface area (Å²) < 4.78 is 0. The van der Waals surface area contributed by atoms with Gasteiger partial charge in [0.2, 0.25) is 0 Å². The second-order valence-corrected chi connectivity index (χ2v) is 3.97. The molecule has 0 saturated heterocycles. The smallest absolute Gasteiger partial charge is 0.0999 e. The lowest BCUT2D eigenvalue weighted by Gasteiger charge is -2.10. The van der Waals surface area contributed by atoms with Crippen molar-refractivity contribution in [1.29, 1.82) is 0 Å². The Balaban J connectivity index is 2.09. The summed E-state index contributed by atoms with van der Waals surface area (Å²) in [7, 11) is 0. The molecule has 0 fully saturated rings. The number of hydrogen-bond donors (Lipinski definition) is 1. The van der Waals surface area contributed by atoms with Crippen molar-refractivity contribution in [3.05, 3.63) is 65.5 Å². The molecule has 2 rings (SSSR count). The first-order valence-electron chi connectivity index (χ1n) is 5.40. The highest BCUT2D eigenvalue weighted by Crippen LogP contribution is 2.16. The van der Waals surface area contributed by atoms with Crippen LogP contribution in [0.1, 0.15) is 22.9 Å². The average molecular weight is 213 g/mol. The van der Waals surface area contributed by atoms with E-state index in [1.807, 2.05) is 49.4 Å². The molecule has 1 unspecified atom stereocenters. The highest BCUT2D eigenvalue weighted by molar-refractivity contribution is 5.19. The highest BCUT2D eigenvalue weighted by Gasteiger charge is 2.09. The topological polar surface area (TPSA) is 33.1 Å². The van der Waals surface area contributed by atoms with Gasteiger partial charge in [-0.25, -0.2) is 0 Å². The molecule has 0 spiro atoms. The van der Waals surface area contributed by atoms with Gasteiger partial charge in [0, 0.05) is 12.6 Å². The summed E-state index contributed by atoms with van der Waals surface area (Å²) in [4.78, 5) is 4.22. The minimum absolute atomic E-state index is 0.525. The number of aromatic nitrogens is 1. The first kappa shape index (κ1) is 10.8. The molecule has 1 N–H and O–H groups in total. The van der Waals surface area contributed by atoms with Crippen LogP contribution in [0, 0.1) is 6.92 Å². The standard InChI is InChI=1S/C14H15NO/c1-11-7-8-13(15-10-11)14(16)9-12-5-3-2-4-6-12/h2-8,10,14,16H,9H2,1H3. The van der Waals surface area contributed by atoms with Crippen LogP contribution in [-0.4, -0.2) is 10.1 Å². The van der Waals surface area contributed by atoms with E-state index < -0.39 is 6.10 Å². The molecule has 0 aliphatic carbocycles. The number of rotatable bonds is 3. The van der Waals surface area contributed by atoms with Gasteiger partial charge in [0.15, 0.2) is 0 Å². The van der Waals surface area contributed by atoms with Crippen LogP contribution in [0.3, 0.4) is 0 Å². The van der Waals surface area contributed by atoms with Crippen molar-refractivity contribution < 1.29 is 5.11 Å². The third-order valence-corrected chi connectivity index (χ3v) is 2.55. The fourth-order valence-electron chi connectivity index (χ4n) is 1.62. The van der Waals surface area contributed by atoms with E-state index >= 15 is 0 Å². The van der Waals surface area contributed by atoms with Gasteiger partial charge in [-0.15, -0.1) is 0 Å². The van der Waals surface area contributed by atoms with Gasteiger partial charge in [0.1, 0.15) is 0 Å². The predicted molar refractivity (Wildman–Crippen MR) is 64.1 cm³/mol. The number of benzene rings is 1. The first-order chi connectivity index (χ1) is 7.75. The van der Waals surface area contributed by atoms with E-state index in [4.69, 9.17) is 0 Å². The maximum atomic E-state index is 10.0. The Hall–Kier alpha value is -1.67. The summed E-state index contributed by atoms with van der Waals surface area (Å²) >= 11 is 0. The number of aliphatic hydroxyl groups excluding tert-OH is 1. The van der Waals surface area contributed by atoms with Crippen LogP contribution < -0.4 is 0 Å². The summed E-state index contributed by atoms with van der Waals surface area (Å²) in [5.74, 6) is 0. The molecule has 1 aromatic heterocycles. The predicted octanol–water partition coefficient (Wildman–Crippen LogP) is 2.67. The molecule has 0 aliphatic heterocycles. The summed E-state index contributed by atoms with van der Waals surface area (Å²) in [5.41, 5.74) is 2.96. The van der Waals surface area contributed by atoms with Crippen LogP contribution in [0.2, 0.25) is 0 Å². The molecular formula is C14H15NO. The molecule has 0 amide bonds. The van der Waals surface area contributed by atoms with E-state index in [9.17, 15) is 5.11 Å². The molecule has 0 aliphatic rings. The maximum Gasteiger partial charge on any atom is 0.0999 e. The number of hydrogen-bond acceptors (Lipinski definition) is 2. The van der Waals surface area contributed by atoms with Crippen LogP contribution >= 0.6 is 0 Å². The van der Waals surface area contributed by atoms with Crippen molar-refractivity contribution in [1.82, 2.24) is 4.98 Å². The van der Waals surface area contributed by atoms with Crippen molar-refractivity contribution >= 4 is 0 Å². The van der Waals surface area contributed by atoms with Crippen molar-refractivity contribution in [2.75, 3.05) is 0 Å². The molecule has 82 valence electrons. The number of nitrogens with zero attached hydrogens (tertiary/aromatic N) is 1. The lowest BCUT2D eigenvalue weighted by atomic mass is 10.1. The number of pyridine rings is 1. The van der Waals surface area contributed by atoms with Crippen LogP contribution in [0.4, 0.5) is 0 Å². The number of aliphatic hydroxyl groups is 1. The zero-order valence-electron chi connectivity index (χ0n) is 9.30. The molecule has 0 bridgehead atoms. The van der Waals surface area contributed by atoms with Crippen LogP contribution in [0.5, 0.6) is 0 Å². The van der Waals surface area contributed by atoms with Gasteiger partial charge in [0.05, 0.1) is 11.8 Å². The minimum atomic E-state index is -0.525. The van der Waals surface area contributed by atoms with E-state index in [1.165, 1.54) is 0 Å². The van der Waals surface area contributed by atoms with E-state index in [1.54, 1.807) is 6.20 Å². The van der Waals surface area contributed by atoms with Crippen LogP contribution in [0.15, 0.2) is 48.7 Å². The summed E-state index contributed by atoms with van der Waals surface area (Å²) in [6.07, 6.45) is 1.86. The first-order valence-corrected chi connectivity index (χ1v) is 5.40. The van der Waals surface area contributed by atoms with Gasteiger partial charge < -0.3 is 5.11 Å². The Bertz CT molecular complexity index is 436. The highest BCUT2D eigenvalue weighted by atomic mass is 16.3. The Labute approximate surface area is 95.6 Å². The monoisotopic (exact) mass is 213 g/mol. The molecule has 2 aromatic rings. The minimum Gasteiger partial charge on any atom is -0.386 e. The Kier molecular flexibility index (Phi) is 3.32. The van der Waals surface area contributed by atoms with Gasteiger partial charge in [-0.3, -0.25) is 4.98 Å². The van der Waals surface area contributed by atoms with Gasteiger partial charge in [0.25, 0.3) is 0 Å². The quantitative estimate of drug-likeness (QED) is 0.850. The second-order valence-electron chi connectivity index (χ2n) is 3.97. The molecule has 0 saturated carbocycles. The van der Waals surface area contributed by atoms with Gasteiger partial charge in [-0.1, -0.05) is 36.4 Å². The molecule has 1 atom stereocenters. The van der Waals surface area contributed by atoms with Crippen molar-refractivity contribution in [2.45, 2.75) is 19.4 Å². The summed E-state index contributed by atoms with van der Waals surface area (Å²) in [6, 6.07) is 13.8. The van der Waals surface area contributed by atoms with Gasteiger partial charge >= 0.3 is 0 Å². The van der Waals surface area contributed by atoms with E-state index in [-0.39, 0.29) is 0 Å². The Morgan fingerprint density at radius 2 is 1.88 bits per heavy atom. The fraction of sp³-hybridized carbons (Fsp3) is 0.214. The lowest BCUT2D eigenvalue weighted by Crippen LogP contribution is -2.03. The Morgan fingerprint density at radius 3 is 2.50 bits per heavy atom. The summed E-state index contributed by atoms with van der Waals surface area (Å²) in [5, 5.41) is 10.0. The Morgan fingerprint density at radius 1 is 1.12 bits per heavy atom. The summed E-state index contributed by atoms with van der Waals surface area (Å²) in [6.45, 7) is 1.99. The van der Waals surface area contributed by atoms with Gasteiger partial charge in [-0.2, -0.15) is 0 Å². The van der Waals surface area contributed by atoms with Gasteiger partial charge in [-0.05, 0) is 24.1 Å². The lowest BCUT2D eigenvalue weighted by molar-refractivity contribution is 0.173. The van der Waals surface area contributed by atoms with E-state index in [2.05, 4.69) is 4.98 Å². The van der Waals surface area contributed by atoms with Crippen LogP contribution in [0.25, 0.3) is 0 Å². The molecular weight excluding hydrogens is 198 g/mol. The fourth-order valence-corrected chi connectivity index (χ4v) is 1.62. The largest absolute Gasteiger partial charge is 0.386 e. The SMILES string of the molecule is Cc1ccc(C(O)Cc2ccccc2)nc1. The van der Waals surface area contributed by atoms with Crippen molar-refractivity contribution in [3.8, 4) is 0 Å². The molecule has 2 heteroatoms. The third-order valence-electron chi connectivity index (χ3n) is 2.55. The molecule has 2 nitrogen and oxygen atoms in total. The molecule has 16 heavy (non-hydrogen) atoms. The average Bonchev–Trinajstić information content (AvgIpc) is 2.31. The van der Waals surface area contributed by atoms with Crippen molar-refractivity contribution in [2.24, 2.45) is 0 Å². The van der Waals surface area contributed by atoms with E-state index in [0.29, 0.717) is 6.42 Å². The van der Waals surface area contributed by atoms with Crippen molar-refractivity contribution in [3.63, 3.8) is 0 Å². The molecule has 1 aromatic carbocycles. The number of aryl methyl sites for hydroxylation is 1. The second kappa shape index (κ2) is 4.90. The van der Waals surface area contributed by atoms with E-state index in [0.717, 1.165) is 16.8 Å². The molecule has 1 heterocycles. The van der Waals surface area contributed by atoms with Crippen LogP contribution in [-0.2, 0) is 6.42 Å². The maximum absolute atomic E-state index is 10.0. The zero-order valence-corrected chi connectivity index (χ0v) is 9.30. The molecule has 0 radical (unpaired) electrons.